The van der Waals surface area contributed by atoms with Crippen LogP contribution in [0, 0.1) is 5.92 Å². The molecule has 0 fully saturated rings. The van der Waals surface area contributed by atoms with E-state index in [2.05, 4.69) is 10.6 Å². The molecule has 2 aromatic rings. The van der Waals surface area contributed by atoms with Crippen molar-refractivity contribution in [2.75, 3.05) is 18.5 Å². The predicted octanol–water partition coefficient (Wildman–Crippen LogP) is 3.24. The lowest BCUT2D eigenvalue weighted by atomic mass is 9.98. The third kappa shape index (κ3) is 5.64. The summed E-state index contributed by atoms with van der Waals surface area (Å²) in [5, 5.41) is 5.79. The van der Waals surface area contributed by atoms with E-state index >= 15 is 0 Å². The summed E-state index contributed by atoms with van der Waals surface area (Å²) < 4.78 is 10.5. The van der Waals surface area contributed by atoms with Gasteiger partial charge in [0.2, 0.25) is 0 Å². The monoisotopic (exact) mass is 458 g/mol. The topological polar surface area (TPSA) is 111 Å². The molecule has 8 nitrogen and oxygen atoms in total. The first-order valence-electron chi connectivity index (χ1n) is 10.1. The lowest BCUT2D eigenvalue weighted by Crippen LogP contribution is -2.46. The molecule has 32 heavy (non-hydrogen) atoms. The third-order valence-corrected chi connectivity index (χ3v) is 5.39. The van der Waals surface area contributed by atoms with Crippen LogP contribution in [0.4, 0.5) is 5.69 Å². The van der Waals surface area contributed by atoms with Crippen molar-refractivity contribution in [3.05, 3.63) is 58.6 Å². The second kappa shape index (κ2) is 10.3. The molecular weight excluding hydrogens is 436 g/mol. The van der Waals surface area contributed by atoms with Gasteiger partial charge in [0, 0.05) is 16.1 Å². The number of Topliss-reactive ketones (excluding diaryl/α,β-unsaturated/α-hetero) is 1. The number of nitrogens with one attached hydrogen (secondary N) is 2. The Morgan fingerprint density at radius 3 is 2.53 bits per heavy atom. The molecule has 0 aliphatic carbocycles. The largest absolute Gasteiger partial charge is 0.482 e. The van der Waals surface area contributed by atoms with E-state index in [1.54, 1.807) is 30.3 Å². The number of fused-ring (bicyclic) bond motifs is 1. The van der Waals surface area contributed by atoms with Gasteiger partial charge in [0.25, 0.3) is 11.8 Å². The van der Waals surface area contributed by atoms with Crippen LogP contribution in [-0.4, -0.2) is 42.8 Å². The number of esters is 1. The molecule has 2 N–H and O–H groups in total. The van der Waals surface area contributed by atoms with Crippen LogP contribution in [0.3, 0.4) is 0 Å². The summed E-state index contributed by atoms with van der Waals surface area (Å²) >= 11 is 5.85. The van der Waals surface area contributed by atoms with Crippen molar-refractivity contribution in [3.8, 4) is 5.75 Å². The van der Waals surface area contributed by atoms with Crippen molar-refractivity contribution >= 4 is 40.9 Å². The lowest BCUT2D eigenvalue weighted by Gasteiger charge is -2.22. The molecule has 168 valence electrons. The summed E-state index contributed by atoms with van der Waals surface area (Å²) in [5.41, 5.74) is 0.990. The highest BCUT2D eigenvalue weighted by Crippen LogP contribution is 2.28. The SMILES string of the molecule is CC[C@@H](C)[C@H](NC(=O)c1ccc(Cl)cc1)C(=O)OCC(=O)c1ccc2c(c1)NC(=O)CO2. The molecule has 1 aliphatic heterocycles. The maximum atomic E-state index is 12.7. The number of anilines is 1. The number of ether oxygens (including phenoxy) is 2. The lowest BCUT2D eigenvalue weighted by molar-refractivity contribution is -0.146. The summed E-state index contributed by atoms with van der Waals surface area (Å²) in [6.07, 6.45) is 0.610. The zero-order valence-electron chi connectivity index (χ0n) is 17.6. The average Bonchev–Trinajstić information content (AvgIpc) is 2.80. The van der Waals surface area contributed by atoms with Crippen LogP contribution < -0.4 is 15.4 Å². The molecule has 0 unspecified atom stereocenters. The van der Waals surface area contributed by atoms with Crippen LogP contribution in [0.2, 0.25) is 5.02 Å². The van der Waals surface area contributed by atoms with Gasteiger partial charge in [-0.3, -0.25) is 14.4 Å². The van der Waals surface area contributed by atoms with Crippen molar-refractivity contribution in [3.63, 3.8) is 0 Å². The number of ketones is 1. The zero-order valence-corrected chi connectivity index (χ0v) is 18.4. The highest BCUT2D eigenvalue weighted by Gasteiger charge is 2.28. The Morgan fingerprint density at radius 2 is 1.84 bits per heavy atom. The fourth-order valence-electron chi connectivity index (χ4n) is 3.06. The maximum Gasteiger partial charge on any atom is 0.329 e. The maximum absolute atomic E-state index is 12.7. The Kier molecular flexibility index (Phi) is 7.48. The van der Waals surface area contributed by atoms with Gasteiger partial charge in [0.15, 0.2) is 19.0 Å². The summed E-state index contributed by atoms with van der Waals surface area (Å²) in [5.74, 6) is -1.68. The fraction of sp³-hybridized carbons (Fsp3) is 0.304. The third-order valence-electron chi connectivity index (χ3n) is 5.14. The van der Waals surface area contributed by atoms with Crippen molar-refractivity contribution in [1.29, 1.82) is 0 Å². The zero-order chi connectivity index (χ0) is 23.3. The quantitative estimate of drug-likeness (QED) is 0.464. The first-order valence-corrected chi connectivity index (χ1v) is 10.5. The molecule has 0 saturated heterocycles. The van der Waals surface area contributed by atoms with Crippen LogP contribution in [0.1, 0.15) is 41.0 Å². The van der Waals surface area contributed by atoms with Gasteiger partial charge >= 0.3 is 5.97 Å². The van der Waals surface area contributed by atoms with Gasteiger partial charge in [0.05, 0.1) is 5.69 Å². The van der Waals surface area contributed by atoms with E-state index in [0.29, 0.717) is 28.4 Å². The Bertz CT molecular complexity index is 1040. The number of carbonyl (C=O) groups excluding carboxylic acids is 4. The first-order chi connectivity index (χ1) is 15.3. The summed E-state index contributed by atoms with van der Waals surface area (Å²) in [4.78, 5) is 49.2. The van der Waals surface area contributed by atoms with Crippen molar-refractivity contribution in [2.45, 2.75) is 26.3 Å². The van der Waals surface area contributed by atoms with E-state index in [-0.39, 0.29) is 24.0 Å². The highest BCUT2D eigenvalue weighted by molar-refractivity contribution is 6.30. The van der Waals surface area contributed by atoms with E-state index in [0.717, 1.165) is 0 Å². The van der Waals surface area contributed by atoms with Gasteiger partial charge in [-0.15, -0.1) is 0 Å². The van der Waals surface area contributed by atoms with Crippen LogP contribution in [0.15, 0.2) is 42.5 Å². The normalized spacial score (nSPS) is 14.3. The van der Waals surface area contributed by atoms with Gasteiger partial charge in [-0.1, -0.05) is 31.9 Å². The standard InChI is InChI=1S/C23H23ClN2O6/c1-3-13(2)21(26-22(29)14-4-7-16(24)8-5-14)23(30)32-11-18(27)15-6-9-19-17(10-15)25-20(28)12-31-19/h4-10,13,21H,3,11-12H2,1-2H3,(H,25,28)(H,26,29)/t13-,21+/m1/s1. The van der Waals surface area contributed by atoms with Gasteiger partial charge < -0.3 is 20.1 Å². The van der Waals surface area contributed by atoms with E-state index < -0.39 is 30.3 Å². The summed E-state index contributed by atoms with van der Waals surface area (Å²) in [7, 11) is 0. The van der Waals surface area contributed by atoms with Gasteiger partial charge in [-0.05, 0) is 48.4 Å². The van der Waals surface area contributed by atoms with E-state index in [9.17, 15) is 19.2 Å². The van der Waals surface area contributed by atoms with Gasteiger partial charge in [-0.2, -0.15) is 0 Å². The highest BCUT2D eigenvalue weighted by atomic mass is 35.5. The Balaban J connectivity index is 1.64. The van der Waals surface area contributed by atoms with E-state index in [1.165, 1.54) is 12.1 Å². The van der Waals surface area contributed by atoms with Gasteiger partial charge in [0.1, 0.15) is 11.8 Å². The molecule has 2 amide bonds. The van der Waals surface area contributed by atoms with E-state index in [1.807, 2.05) is 13.8 Å². The van der Waals surface area contributed by atoms with E-state index in [4.69, 9.17) is 21.1 Å². The van der Waals surface area contributed by atoms with Crippen molar-refractivity contribution < 1.29 is 28.7 Å². The van der Waals surface area contributed by atoms with Crippen LogP contribution in [-0.2, 0) is 14.3 Å². The second-order valence-electron chi connectivity index (χ2n) is 7.42. The number of amides is 2. The number of rotatable bonds is 8. The van der Waals surface area contributed by atoms with Crippen molar-refractivity contribution in [1.82, 2.24) is 5.32 Å². The van der Waals surface area contributed by atoms with Crippen LogP contribution >= 0.6 is 11.6 Å². The molecule has 2 atom stereocenters. The molecule has 2 aromatic carbocycles. The minimum absolute atomic E-state index is 0.0867. The van der Waals surface area contributed by atoms with Crippen LogP contribution in [0.25, 0.3) is 0 Å². The first kappa shape index (κ1) is 23.3. The number of hydrogen-bond acceptors (Lipinski definition) is 6. The molecule has 1 aliphatic rings. The number of benzene rings is 2. The molecule has 9 heteroatoms. The Labute approximate surface area is 190 Å². The Hall–Kier alpha value is -3.39. The Morgan fingerprint density at radius 1 is 1.16 bits per heavy atom. The molecular formula is C23H23ClN2O6. The van der Waals surface area contributed by atoms with Crippen LogP contribution in [0.5, 0.6) is 5.75 Å². The smallest absolute Gasteiger partial charge is 0.329 e. The minimum Gasteiger partial charge on any atom is -0.482 e. The number of halogens is 1. The molecule has 0 radical (unpaired) electrons. The fourth-order valence-corrected chi connectivity index (χ4v) is 3.19. The molecule has 1 heterocycles. The number of carbonyl (C=O) groups is 4. The second-order valence-corrected chi connectivity index (χ2v) is 7.86. The number of hydrogen-bond donors (Lipinski definition) is 2. The van der Waals surface area contributed by atoms with Crippen molar-refractivity contribution in [2.24, 2.45) is 5.92 Å². The molecule has 0 aromatic heterocycles. The molecule has 0 spiro atoms. The van der Waals surface area contributed by atoms with Gasteiger partial charge in [-0.25, -0.2) is 4.79 Å². The molecule has 3 rings (SSSR count). The average molecular weight is 459 g/mol. The summed E-state index contributed by atoms with van der Waals surface area (Å²) in [6, 6.07) is 9.91. The summed E-state index contributed by atoms with van der Waals surface area (Å²) in [6.45, 7) is 3.10. The molecule has 0 bridgehead atoms. The predicted molar refractivity (Wildman–Crippen MR) is 118 cm³/mol. The molecule has 0 saturated carbocycles. The minimum atomic E-state index is -0.924.